The topological polar surface area (TPSA) is 66.5 Å². The van der Waals surface area contributed by atoms with E-state index in [1.807, 2.05) is 60.7 Å². The molecule has 0 saturated carbocycles. The number of amides is 1. The van der Waals surface area contributed by atoms with Crippen LogP contribution in [0.25, 0.3) is 0 Å². The number of nitrogens with zero attached hydrogens (tertiary/aromatic N) is 1. The van der Waals surface area contributed by atoms with Crippen molar-refractivity contribution in [2.45, 2.75) is 10.9 Å². The number of carbonyl (C=O) groups is 1. The highest BCUT2D eigenvalue weighted by atomic mass is 32.2. The average Bonchev–Trinajstić information content (AvgIpc) is 2.88. The molecule has 4 rings (SSSR count). The van der Waals surface area contributed by atoms with Crippen LogP contribution in [0.5, 0.6) is 0 Å². The fourth-order valence-electron chi connectivity index (χ4n) is 3.66. The third kappa shape index (κ3) is 5.15. The van der Waals surface area contributed by atoms with Crippen LogP contribution in [0.15, 0.2) is 120 Å². The number of hydrogen-bond acceptors (Lipinski definition) is 3. The van der Waals surface area contributed by atoms with E-state index in [4.69, 9.17) is 0 Å². The number of nitrogens with one attached hydrogen (secondary N) is 1. The molecule has 0 aliphatic rings. The fourth-order valence-corrected chi connectivity index (χ4v) is 5.11. The van der Waals surface area contributed by atoms with Gasteiger partial charge in [0, 0.05) is 0 Å². The van der Waals surface area contributed by atoms with Gasteiger partial charge in [-0.3, -0.25) is 9.10 Å². The molecule has 0 heterocycles. The summed E-state index contributed by atoms with van der Waals surface area (Å²) in [5, 5.41) is 2.93. The number of anilines is 1. The zero-order valence-electron chi connectivity index (χ0n) is 18.2. The van der Waals surface area contributed by atoms with Crippen molar-refractivity contribution >= 4 is 21.6 Å². The zero-order valence-corrected chi connectivity index (χ0v) is 19.0. The molecule has 0 bridgehead atoms. The Morgan fingerprint density at radius 2 is 1.21 bits per heavy atom. The summed E-state index contributed by atoms with van der Waals surface area (Å²) < 4.78 is 42.3. The normalized spacial score (nSPS) is 11.2. The average molecular weight is 475 g/mol. The summed E-state index contributed by atoms with van der Waals surface area (Å²) in [6, 6.07) is 31.4. The van der Waals surface area contributed by atoms with Crippen LogP contribution >= 0.6 is 0 Å². The van der Waals surface area contributed by atoms with Gasteiger partial charge in [-0.25, -0.2) is 12.8 Å². The van der Waals surface area contributed by atoms with E-state index < -0.39 is 34.3 Å². The minimum Gasteiger partial charge on any atom is -0.344 e. The second-order valence-corrected chi connectivity index (χ2v) is 9.46. The molecule has 0 fully saturated rings. The van der Waals surface area contributed by atoms with E-state index in [9.17, 15) is 17.6 Å². The third-order valence-corrected chi connectivity index (χ3v) is 7.08. The molecular formula is C27H23FN2O3S. The van der Waals surface area contributed by atoms with Gasteiger partial charge in [-0.2, -0.15) is 0 Å². The lowest BCUT2D eigenvalue weighted by Crippen LogP contribution is -2.42. The molecule has 7 heteroatoms. The number of para-hydroxylation sites is 1. The smallest absolute Gasteiger partial charge is 0.264 e. The molecule has 0 aliphatic heterocycles. The Morgan fingerprint density at radius 1 is 0.735 bits per heavy atom. The van der Waals surface area contributed by atoms with Crippen molar-refractivity contribution in [3.05, 3.63) is 132 Å². The Morgan fingerprint density at radius 3 is 1.74 bits per heavy atom. The molecule has 34 heavy (non-hydrogen) atoms. The number of sulfonamides is 1. The van der Waals surface area contributed by atoms with Gasteiger partial charge in [-0.15, -0.1) is 0 Å². The molecule has 0 aliphatic carbocycles. The molecule has 172 valence electrons. The van der Waals surface area contributed by atoms with Gasteiger partial charge in [0.15, 0.2) is 0 Å². The highest BCUT2D eigenvalue weighted by Crippen LogP contribution is 2.27. The lowest BCUT2D eigenvalue weighted by molar-refractivity contribution is -0.120. The summed E-state index contributed by atoms with van der Waals surface area (Å²) >= 11 is 0. The fraction of sp³-hybridized carbons (Fsp3) is 0.0741. The van der Waals surface area contributed by atoms with Crippen molar-refractivity contribution in [2.75, 3.05) is 10.8 Å². The van der Waals surface area contributed by atoms with Gasteiger partial charge in [0.1, 0.15) is 12.4 Å². The molecule has 0 spiro atoms. The van der Waals surface area contributed by atoms with Crippen molar-refractivity contribution in [1.29, 1.82) is 0 Å². The van der Waals surface area contributed by atoms with Gasteiger partial charge < -0.3 is 5.32 Å². The first-order valence-electron chi connectivity index (χ1n) is 10.7. The van der Waals surface area contributed by atoms with Crippen LogP contribution in [-0.4, -0.2) is 20.9 Å². The number of rotatable bonds is 8. The van der Waals surface area contributed by atoms with E-state index in [0.717, 1.165) is 21.5 Å². The number of benzene rings is 4. The second-order valence-electron chi connectivity index (χ2n) is 7.60. The van der Waals surface area contributed by atoms with Crippen molar-refractivity contribution in [1.82, 2.24) is 5.32 Å². The largest absolute Gasteiger partial charge is 0.344 e. The van der Waals surface area contributed by atoms with Crippen LogP contribution in [0.1, 0.15) is 17.2 Å². The standard InChI is InChI=1S/C27H23FN2O3S/c28-24-18-10-11-19-25(24)30(34(32,33)23-16-8-3-9-17-23)20-26(31)29-27(21-12-4-1-5-13-21)22-14-6-2-7-15-22/h1-19,27H,20H2,(H,29,31). The van der Waals surface area contributed by atoms with Gasteiger partial charge in [-0.1, -0.05) is 91.0 Å². The molecule has 0 atom stereocenters. The van der Waals surface area contributed by atoms with Gasteiger partial charge in [0.2, 0.25) is 5.91 Å². The predicted octanol–water partition coefficient (Wildman–Crippen LogP) is 4.93. The molecule has 0 radical (unpaired) electrons. The highest BCUT2D eigenvalue weighted by Gasteiger charge is 2.30. The first-order valence-corrected chi connectivity index (χ1v) is 12.1. The lowest BCUT2D eigenvalue weighted by atomic mass is 9.99. The van der Waals surface area contributed by atoms with E-state index in [0.29, 0.717) is 0 Å². The van der Waals surface area contributed by atoms with Crippen LogP contribution < -0.4 is 9.62 Å². The Kier molecular flexibility index (Phi) is 7.04. The number of halogens is 1. The van der Waals surface area contributed by atoms with Gasteiger partial charge >= 0.3 is 0 Å². The maximum Gasteiger partial charge on any atom is 0.264 e. The van der Waals surface area contributed by atoms with Gasteiger partial charge in [0.25, 0.3) is 10.0 Å². The first kappa shape index (κ1) is 23.2. The van der Waals surface area contributed by atoms with Crippen LogP contribution in [0, 0.1) is 5.82 Å². The highest BCUT2D eigenvalue weighted by molar-refractivity contribution is 7.92. The Labute approximate surface area is 198 Å². The minimum absolute atomic E-state index is 0.0336. The molecule has 0 unspecified atom stereocenters. The van der Waals surface area contributed by atoms with E-state index >= 15 is 0 Å². The molecule has 1 N–H and O–H groups in total. The van der Waals surface area contributed by atoms with Gasteiger partial charge in [0.05, 0.1) is 16.6 Å². The summed E-state index contributed by atoms with van der Waals surface area (Å²) in [7, 11) is -4.20. The first-order chi connectivity index (χ1) is 16.5. The van der Waals surface area contributed by atoms with Crippen LogP contribution in [0.3, 0.4) is 0 Å². The molecular weight excluding hydrogens is 451 g/mol. The van der Waals surface area contributed by atoms with Crippen molar-refractivity contribution in [2.24, 2.45) is 0 Å². The summed E-state index contributed by atoms with van der Waals surface area (Å²) in [5.41, 5.74) is 1.48. The van der Waals surface area contributed by atoms with E-state index in [2.05, 4.69) is 5.32 Å². The summed E-state index contributed by atoms with van der Waals surface area (Å²) in [5.74, 6) is -1.31. The maximum absolute atomic E-state index is 14.7. The molecule has 0 saturated heterocycles. The second kappa shape index (κ2) is 10.3. The van der Waals surface area contributed by atoms with Crippen molar-refractivity contribution in [3.63, 3.8) is 0 Å². The third-order valence-electron chi connectivity index (χ3n) is 5.31. The molecule has 5 nitrogen and oxygen atoms in total. The van der Waals surface area contributed by atoms with E-state index in [1.54, 1.807) is 18.2 Å². The Bertz CT molecular complexity index is 1310. The number of hydrogen-bond donors (Lipinski definition) is 1. The monoisotopic (exact) mass is 474 g/mol. The molecule has 0 aromatic heterocycles. The minimum atomic E-state index is -4.20. The van der Waals surface area contributed by atoms with Crippen LogP contribution in [0.4, 0.5) is 10.1 Å². The SMILES string of the molecule is O=C(CN(c1ccccc1F)S(=O)(=O)c1ccccc1)NC(c1ccccc1)c1ccccc1. The van der Waals surface area contributed by atoms with Crippen molar-refractivity contribution < 1.29 is 17.6 Å². The van der Waals surface area contributed by atoms with E-state index in [-0.39, 0.29) is 10.6 Å². The summed E-state index contributed by atoms with van der Waals surface area (Å²) in [6.45, 7) is -0.589. The van der Waals surface area contributed by atoms with Crippen LogP contribution in [-0.2, 0) is 14.8 Å². The molecule has 1 amide bonds. The quantitative estimate of drug-likeness (QED) is 0.394. The molecule has 4 aromatic rings. The Balaban J connectivity index is 1.68. The Hall–Kier alpha value is -3.97. The number of carbonyl (C=O) groups excluding carboxylic acids is 1. The van der Waals surface area contributed by atoms with E-state index in [1.165, 1.54) is 30.3 Å². The lowest BCUT2D eigenvalue weighted by Gasteiger charge is -2.26. The predicted molar refractivity (Wildman–Crippen MR) is 130 cm³/mol. The zero-order chi connectivity index (χ0) is 24.0. The molecule has 4 aromatic carbocycles. The maximum atomic E-state index is 14.7. The summed E-state index contributed by atoms with van der Waals surface area (Å²) in [4.78, 5) is 13.2. The van der Waals surface area contributed by atoms with Crippen molar-refractivity contribution in [3.8, 4) is 0 Å². The summed E-state index contributed by atoms with van der Waals surface area (Å²) in [6.07, 6.45) is 0. The van der Waals surface area contributed by atoms with Gasteiger partial charge in [-0.05, 0) is 35.4 Å². The van der Waals surface area contributed by atoms with Crippen LogP contribution in [0.2, 0.25) is 0 Å².